The Hall–Kier alpha value is -3.09. The summed E-state index contributed by atoms with van der Waals surface area (Å²) in [6.45, 7) is -0.968. The summed E-state index contributed by atoms with van der Waals surface area (Å²) in [7, 11) is 1.51. The Morgan fingerprint density at radius 1 is 1.08 bits per heavy atom. The van der Waals surface area contributed by atoms with Crippen LogP contribution < -0.4 is 14.8 Å². The molecule has 0 aliphatic rings. The molecule has 1 amide bonds. The van der Waals surface area contributed by atoms with Crippen molar-refractivity contribution in [2.45, 2.75) is 0 Å². The number of amides is 1. The molecule has 0 aliphatic carbocycles. The quantitative estimate of drug-likeness (QED) is 0.788. The third kappa shape index (κ3) is 5.28. The molecule has 0 aromatic heterocycles. The van der Waals surface area contributed by atoms with Gasteiger partial charge in [-0.05, 0) is 24.3 Å². The van der Waals surface area contributed by atoms with Crippen LogP contribution in [0.15, 0.2) is 48.5 Å². The highest BCUT2D eigenvalue weighted by Crippen LogP contribution is 2.17. The van der Waals surface area contributed by atoms with Crippen LogP contribution in [0.25, 0.3) is 0 Å². The Bertz CT molecular complexity index is 720. The standard InChI is InChI=1S/C17H16FNO5/c1-22-13-6-4-5-12(9-13)19-16(20)10-24-17(21)11-23-15-8-3-2-7-14(15)18/h2-9H,10-11H2,1H3,(H,19,20). The Labute approximate surface area is 138 Å². The zero-order valence-corrected chi connectivity index (χ0v) is 13.0. The van der Waals surface area contributed by atoms with E-state index in [1.54, 1.807) is 30.3 Å². The van der Waals surface area contributed by atoms with Crippen LogP contribution in [0.2, 0.25) is 0 Å². The summed E-state index contributed by atoms with van der Waals surface area (Å²) in [4.78, 5) is 23.2. The van der Waals surface area contributed by atoms with Crippen LogP contribution in [0.4, 0.5) is 10.1 Å². The van der Waals surface area contributed by atoms with Gasteiger partial charge in [-0.1, -0.05) is 18.2 Å². The second kappa shape index (κ2) is 8.52. The predicted octanol–water partition coefficient (Wildman–Crippen LogP) is 2.40. The Morgan fingerprint density at radius 2 is 1.88 bits per heavy atom. The molecule has 2 rings (SSSR count). The second-order valence-electron chi connectivity index (χ2n) is 4.66. The van der Waals surface area contributed by atoms with E-state index in [1.165, 1.54) is 25.3 Å². The normalized spacial score (nSPS) is 9.92. The minimum atomic E-state index is -0.779. The van der Waals surface area contributed by atoms with Crippen molar-refractivity contribution in [3.63, 3.8) is 0 Å². The van der Waals surface area contributed by atoms with Gasteiger partial charge in [0.05, 0.1) is 7.11 Å². The molecule has 24 heavy (non-hydrogen) atoms. The number of carbonyl (C=O) groups excluding carboxylic acids is 2. The topological polar surface area (TPSA) is 73.9 Å². The lowest BCUT2D eigenvalue weighted by Crippen LogP contribution is -2.23. The van der Waals surface area contributed by atoms with Crippen LogP contribution in [0.1, 0.15) is 0 Å². The Balaban J connectivity index is 1.75. The summed E-state index contributed by atoms with van der Waals surface area (Å²) in [6, 6.07) is 12.4. The number of hydrogen-bond acceptors (Lipinski definition) is 5. The van der Waals surface area contributed by atoms with Gasteiger partial charge in [-0.2, -0.15) is 0 Å². The van der Waals surface area contributed by atoms with Gasteiger partial charge in [-0.25, -0.2) is 9.18 Å². The van der Waals surface area contributed by atoms with E-state index in [9.17, 15) is 14.0 Å². The molecule has 2 aromatic rings. The fourth-order valence-corrected chi connectivity index (χ4v) is 1.78. The van der Waals surface area contributed by atoms with Crippen LogP contribution in [-0.2, 0) is 14.3 Å². The van der Waals surface area contributed by atoms with Gasteiger partial charge in [0.25, 0.3) is 5.91 Å². The fourth-order valence-electron chi connectivity index (χ4n) is 1.78. The molecule has 0 saturated heterocycles. The molecule has 0 unspecified atom stereocenters. The van der Waals surface area contributed by atoms with Gasteiger partial charge in [0.15, 0.2) is 24.8 Å². The van der Waals surface area contributed by atoms with Crippen molar-refractivity contribution in [3.8, 4) is 11.5 Å². The minimum absolute atomic E-state index is 0.0599. The number of benzene rings is 2. The third-order valence-corrected chi connectivity index (χ3v) is 2.90. The van der Waals surface area contributed by atoms with E-state index in [0.29, 0.717) is 11.4 Å². The van der Waals surface area contributed by atoms with Crippen LogP contribution in [0.5, 0.6) is 11.5 Å². The van der Waals surface area contributed by atoms with Crippen molar-refractivity contribution in [1.82, 2.24) is 0 Å². The summed E-state index contributed by atoms with van der Waals surface area (Å²) >= 11 is 0. The summed E-state index contributed by atoms with van der Waals surface area (Å²) < 4.78 is 28.1. The zero-order valence-electron chi connectivity index (χ0n) is 13.0. The van der Waals surface area contributed by atoms with E-state index in [1.807, 2.05) is 0 Å². The van der Waals surface area contributed by atoms with Crippen molar-refractivity contribution in [3.05, 3.63) is 54.3 Å². The first kappa shape index (κ1) is 17.3. The largest absolute Gasteiger partial charge is 0.497 e. The summed E-state index contributed by atoms with van der Waals surface area (Å²) in [5.41, 5.74) is 0.512. The molecule has 0 heterocycles. The fraction of sp³-hybridized carbons (Fsp3) is 0.176. The molecule has 0 atom stereocenters. The number of halogens is 1. The van der Waals surface area contributed by atoms with Crippen molar-refractivity contribution in [2.75, 3.05) is 25.6 Å². The molecule has 0 spiro atoms. The van der Waals surface area contributed by atoms with Crippen LogP contribution in [-0.4, -0.2) is 32.2 Å². The van der Waals surface area contributed by atoms with Crippen LogP contribution in [0.3, 0.4) is 0 Å². The summed E-state index contributed by atoms with van der Waals surface area (Å²) in [5.74, 6) is -1.35. The molecular formula is C17H16FNO5. The number of methoxy groups -OCH3 is 1. The average molecular weight is 333 g/mol. The number of ether oxygens (including phenoxy) is 3. The third-order valence-electron chi connectivity index (χ3n) is 2.90. The molecule has 0 aliphatic heterocycles. The van der Waals surface area contributed by atoms with Gasteiger partial charge >= 0.3 is 5.97 Å². The minimum Gasteiger partial charge on any atom is -0.497 e. The number of anilines is 1. The van der Waals surface area contributed by atoms with Gasteiger partial charge in [0.1, 0.15) is 5.75 Å². The lowest BCUT2D eigenvalue weighted by molar-refractivity contribution is -0.149. The molecule has 0 radical (unpaired) electrons. The smallest absolute Gasteiger partial charge is 0.344 e. The first-order valence-electron chi connectivity index (χ1n) is 7.05. The van der Waals surface area contributed by atoms with Crippen molar-refractivity contribution >= 4 is 17.6 Å². The molecule has 0 fully saturated rings. The molecule has 7 heteroatoms. The number of para-hydroxylation sites is 1. The van der Waals surface area contributed by atoms with Gasteiger partial charge in [-0.3, -0.25) is 4.79 Å². The highest BCUT2D eigenvalue weighted by Gasteiger charge is 2.10. The molecule has 6 nitrogen and oxygen atoms in total. The van der Waals surface area contributed by atoms with Crippen LogP contribution in [0, 0.1) is 5.82 Å². The predicted molar refractivity (Wildman–Crippen MR) is 84.5 cm³/mol. The van der Waals surface area contributed by atoms with E-state index in [-0.39, 0.29) is 5.75 Å². The van der Waals surface area contributed by atoms with Crippen LogP contribution >= 0.6 is 0 Å². The number of esters is 1. The first-order valence-corrected chi connectivity index (χ1v) is 7.05. The highest BCUT2D eigenvalue weighted by atomic mass is 19.1. The molecule has 0 saturated carbocycles. The van der Waals surface area contributed by atoms with Gasteiger partial charge in [-0.15, -0.1) is 0 Å². The van der Waals surface area contributed by atoms with E-state index in [0.717, 1.165) is 0 Å². The molecule has 126 valence electrons. The average Bonchev–Trinajstić information content (AvgIpc) is 2.59. The van der Waals surface area contributed by atoms with Crippen molar-refractivity contribution < 1.29 is 28.2 Å². The van der Waals surface area contributed by atoms with Gasteiger partial charge in [0.2, 0.25) is 0 Å². The second-order valence-corrected chi connectivity index (χ2v) is 4.66. The monoisotopic (exact) mass is 333 g/mol. The first-order chi connectivity index (χ1) is 11.6. The molecular weight excluding hydrogens is 317 g/mol. The molecule has 0 bridgehead atoms. The summed E-state index contributed by atoms with van der Waals surface area (Å²) in [6.07, 6.45) is 0. The SMILES string of the molecule is COc1cccc(NC(=O)COC(=O)COc2ccccc2F)c1. The van der Waals surface area contributed by atoms with E-state index >= 15 is 0 Å². The van der Waals surface area contributed by atoms with E-state index in [2.05, 4.69) is 5.32 Å². The molecule has 2 aromatic carbocycles. The van der Waals surface area contributed by atoms with Gasteiger partial charge < -0.3 is 19.5 Å². The van der Waals surface area contributed by atoms with E-state index in [4.69, 9.17) is 14.2 Å². The highest BCUT2D eigenvalue weighted by molar-refractivity contribution is 5.93. The zero-order chi connectivity index (χ0) is 17.4. The maximum absolute atomic E-state index is 13.3. The Kier molecular flexibility index (Phi) is 6.13. The number of rotatable bonds is 7. The number of hydrogen-bond donors (Lipinski definition) is 1. The lowest BCUT2D eigenvalue weighted by Gasteiger charge is -2.09. The van der Waals surface area contributed by atoms with E-state index < -0.39 is 30.9 Å². The Morgan fingerprint density at radius 3 is 2.62 bits per heavy atom. The maximum Gasteiger partial charge on any atom is 0.344 e. The summed E-state index contributed by atoms with van der Waals surface area (Å²) in [5, 5.41) is 2.56. The number of carbonyl (C=O) groups is 2. The van der Waals surface area contributed by atoms with Crippen molar-refractivity contribution in [1.29, 1.82) is 0 Å². The maximum atomic E-state index is 13.3. The number of nitrogens with one attached hydrogen (secondary N) is 1. The van der Waals surface area contributed by atoms with Crippen molar-refractivity contribution in [2.24, 2.45) is 0 Å². The lowest BCUT2D eigenvalue weighted by atomic mass is 10.3. The molecule has 1 N–H and O–H groups in total. The van der Waals surface area contributed by atoms with Gasteiger partial charge in [0, 0.05) is 11.8 Å².